The maximum Gasteiger partial charge on any atom is 0.222 e. The fourth-order valence-corrected chi connectivity index (χ4v) is 2.19. The quantitative estimate of drug-likeness (QED) is 0.848. The lowest BCUT2D eigenvalue weighted by Crippen LogP contribution is -2.43. The molecule has 5 heteroatoms. The molecule has 98 valence electrons. The summed E-state index contributed by atoms with van der Waals surface area (Å²) in [4.78, 5) is 17.4. The number of likely N-dealkylation sites (N-methyl/N-ethyl adjacent to an activating group) is 1. The van der Waals surface area contributed by atoms with E-state index >= 15 is 0 Å². The number of nitrogens with one attached hydrogen (secondary N) is 2. The van der Waals surface area contributed by atoms with E-state index < -0.39 is 0 Å². The fourth-order valence-electron chi connectivity index (χ4n) is 2.19. The summed E-state index contributed by atoms with van der Waals surface area (Å²) in [6.07, 6.45) is 5.13. The molecule has 2 N–H and O–H groups in total. The second kappa shape index (κ2) is 5.71. The largest absolute Gasteiger partial charge is 0.384 e. The Labute approximate surface area is 108 Å². The van der Waals surface area contributed by atoms with Gasteiger partial charge in [0.2, 0.25) is 5.91 Å². The summed E-state index contributed by atoms with van der Waals surface area (Å²) in [5, 5.41) is 6.67. The molecule has 1 atom stereocenters. The number of piperidine rings is 1. The van der Waals surface area contributed by atoms with Gasteiger partial charge in [0, 0.05) is 32.6 Å². The number of rotatable bonds is 4. The molecule has 1 aliphatic heterocycles. The average Bonchev–Trinajstić information content (AvgIpc) is 2.35. The normalized spacial score (nSPS) is 19.8. The number of carbonyl (C=O) groups excluding carboxylic acids is 1. The van der Waals surface area contributed by atoms with Gasteiger partial charge in [0.1, 0.15) is 0 Å². The van der Waals surface area contributed by atoms with Crippen molar-refractivity contribution in [1.82, 2.24) is 9.88 Å². The van der Waals surface area contributed by atoms with Crippen molar-refractivity contribution in [2.45, 2.75) is 25.8 Å². The first-order chi connectivity index (χ1) is 8.69. The zero-order valence-electron chi connectivity index (χ0n) is 10.9. The highest BCUT2D eigenvalue weighted by atomic mass is 16.2. The van der Waals surface area contributed by atoms with Crippen LogP contribution in [0.4, 0.5) is 11.4 Å². The second-order valence-corrected chi connectivity index (χ2v) is 4.65. The number of likely N-dealkylation sites (tertiary alicyclic amines) is 1. The van der Waals surface area contributed by atoms with Gasteiger partial charge in [0.25, 0.3) is 0 Å². The molecule has 0 aromatic carbocycles. The minimum absolute atomic E-state index is 0.229. The van der Waals surface area contributed by atoms with Gasteiger partial charge in [-0.3, -0.25) is 9.78 Å². The van der Waals surface area contributed by atoms with Gasteiger partial charge in [-0.2, -0.15) is 0 Å². The van der Waals surface area contributed by atoms with Gasteiger partial charge in [0.15, 0.2) is 0 Å². The molecule has 1 aromatic rings. The zero-order valence-corrected chi connectivity index (χ0v) is 10.9. The predicted octanol–water partition coefficient (Wildman–Crippen LogP) is 1.55. The SMILES string of the molecule is CCNc1cncc(NC2CCC(=O)N(C)C2)c1. The number of anilines is 2. The molecule has 2 heterocycles. The number of nitrogens with zero attached hydrogens (tertiary/aromatic N) is 2. The summed E-state index contributed by atoms with van der Waals surface area (Å²) in [5.74, 6) is 0.229. The summed E-state index contributed by atoms with van der Waals surface area (Å²) >= 11 is 0. The molecular weight excluding hydrogens is 228 g/mol. The van der Waals surface area contributed by atoms with Crippen molar-refractivity contribution in [3.05, 3.63) is 18.5 Å². The van der Waals surface area contributed by atoms with E-state index in [-0.39, 0.29) is 5.91 Å². The number of hydrogen-bond donors (Lipinski definition) is 2. The van der Waals surface area contributed by atoms with Crippen LogP contribution in [0.2, 0.25) is 0 Å². The Morgan fingerprint density at radius 1 is 1.44 bits per heavy atom. The van der Waals surface area contributed by atoms with Crippen LogP contribution < -0.4 is 10.6 Å². The fraction of sp³-hybridized carbons (Fsp3) is 0.538. The highest BCUT2D eigenvalue weighted by Crippen LogP contribution is 2.18. The van der Waals surface area contributed by atoms with E-state index in [9.17, 15) is 4.79 Å². The van der Waals surface area contributed by atoms with E-state index in [0.717, 1.165) is 30.9 Å². The number of amides is 1. The van der Waals surface area contributed by atoms with Crippen LogP contribution in [0, 0.1) is 0 Å². The molecule has 0 aliphatic carbocycles. The summed E-state index contributed by atoms with van der Waals surface area (Å²) in [6, 6.07) is 2.36. The van der Waals surface area contributed by atoms with Crippen molar-refractivity contribution in [1.29, 1.82) is 0 Å². The minimum atomic E-state index is 0.229. The highest BCUT2D eigenvalue weighted by molar-refractivity contribution is 5.77. The van der Waals surface area contributed by atoms with Crippen LogP contribution in [0.1, 0.15) is 19.8 Å². The molecule has 0 radical (unpaired) electrons. The summed E-state index contributed by atoms with van der Waals surface area (Å²) in [7, 11) is 1.85. The molecule has 1 amide bonds. The summed E-state index contributed by atoms with van der Waals surface area (Å²) in [5.41, 5.74) is 2.02. The monoisotopic (exact) mass is 248 g/mol. The third kappa shape index (κ3) is 3.12. The Balaban J connectivity index is 1.96. The van der Waals surface area contributed by atoms with Gasteiger partial charge >= 0.3 is 0 Å². The van der Waals surface area contributed by atoms with Crippen molar-refractivity contribution in [2.75, 3.05) is 30.8 Å². The Morgan fingerprint density at radius 2 is 2.22 bits per heavy atom. The molecule has 5 nitrogen and oxygen atoms in total. The molecule has 18 heavy (non-hydrogen) atoms. The molecule has 0 bridgehead atoms. The Hall–Kier alpha value is -1.78. The Morgan fingerprint density at radius 3 is 2.94 bits per heavy atom. The highest BCUT2D eigenvalue weighted by Gasteiger charge is 2.22. The molecule has 1 saturated heterocycles. The van der Waals surface area contributed by atoms with Crippen molar-refractivity contribution < 1.29 is 4.79 Å². The minimum Gasteiger partial charge on any atom is -0.384 e. The maximum absolute atomic E-state index is 11.4. The topological polar surface area (TPSA) is 57.3 Å². The van der Waals surface area contributed by atoms with Crippen LogP contribution in [0.25, 0.3) is 0 Å². The van der Waals surface area contributed by atoms with Gasteiger partial charge in [-0.25, -0.2) is 0 Å². The standard InChI is InChI=1S/C13H20N4O/c1-3-15-11-6-12(8-14-7-11)16-10-4-5-13(18)17(2)9-10/h6-8,10,15-16H,3-5,9H2,1-2H3. The van der Waals surface area contributed by atoms with Gasteiger partial charge in [-0.15, -0.1) is 0 Å². The van der Waals surface area contributed by atoms with Crippen LogP contribution in [-0.2, 0) is 4.79 Å². The molecule has 1 aromatic heterocycles. The zero-order chi connectivity index (χ0) is 13.0. The molecular formula is C13H20N4O. The van der Waals surface area contributed by atoms with Crippen LogP contribution in [0.15, 0.2) is 18.5 Å². The first-order valence-electron chi connectivity index (χ1n) is 6.38. The van der Waals surface area contributed by atoms with Crippen molar-refractivity contribution in [2.24, 2.45) is 0 Å². The van der Waals surface area contributed by atoms with Crippen LogP contribution in [-0.4, -0.2) is 42.0 Å². The van der Waals surface area contributed by atoms with Crippen molar-refractivity contribution in [3.63, 3.8) is 0 Å². The molecule has 1 unspecified atom stereocenters. The van der Waals surface area contributed by atoms with E-state index in [4.69, 9.17) is 0 Å². The smallest absolute Gasteiger partial charge is 0.222 e. The first kappa shape index (κ1) is 12.7. The van der Waals surface area contributed by atoms with E-state index in [1.807, 2.05) is 25.5 Å². The Bertz CT molecular complexity index is 421. The van der Waals surface area contributed by atoms with Crippen LogP contribution in [0.5, 0.6) is 0 Å². The van der Waals surface area contributed by atoms with Gasteiger partial charge < -0.3 is 15.5 Å². The third-order valence-electron chi connectivity index (χ3n) is 3.12. The van der Waals surface area contributed by atoms with Gasteiger partial charge in [-0.1, -0.05) is 0 Å². The average molecular weight is 248 g/mol. The second-order valence-electron chi connectivity index (χ2n) is 4.65. The van der Waals surface area contributed by atoms with Gasteiger partial charge in [-0.05, 0) is 19.4 Å². The van der Waals surface area contributed by atoms with E-state index in [1.54, 1.807) is 4.90 Å². The van der Waals surface area contributed by atoms with E-state index in [2.05, 4.69) is 22.5 Å². The molecule has 0 saturated carbocycles. The number of pyridine rings is 1. The van der Waals surface area contributed by atoms with Crippen molar-refractivity contribution >= 4 is 17.3 Å². The van der Waals surface area contributed by atoms with Crippen LogP contribution in [0.3, 0.4) is 0 Å². The lowest BCUT2D eigenvalue weighted by atomic mass is 10.1. The molecule has 0 spiro atoms. The summed E-state index contributed by atoms with van der Waals surface area (Å²) < 4.78 is 0. The first-order valence-corrected chi connectivity index (χ1v) is 6.38. The predicted molar refractivity (Wildman–Crippen MR) is 72.7 cm³/mol. The number of hydrogen-bond acceptors (Lipinski definition) is 4. The number of carbonyl (C=O) groups is 1. The number of aromatic nitrogens is 1. The summed E-state index contributed by atoms with van der Waals surface area (Å²) in [6.45, 7) is 3.69. The van der Waals surface area contributed by atoms with E-state index in [0.29, 0.717) is 12.5 Å². The van der Waals surface area contributed by atoms with E-state index in [1.165, 1.54) is 0 Å². The maximum atomic E-state index is 11.4. The Kier molecular flexibility index (Phi) is 4.02. The van der Waals surface area contributed by atoms with Crippen LogP contribution >= 0.6 is 0 Å². The lowest BCUT2D eigenvalue weighted by Gasteiger charge is -2.30. The van der Waals surface area contributed by atoms with Gasteiger partial charge in [0.05, 0.1) is 23.8 Å². The van der Waals surface area contributed by atoms with Crippen molar-refractivity contribution in [3.8, 4) is 0 Å². The molecule has 1 aliphatic rings. The molecule has 2 rings (SSSR count). The third-order valence-corrected chi connectivity index (χ3v) is 3.12. The molecule has 1 fully saturated rings. The lowest BCUT2D eigenvalue weighted by molar-refractivity contribution is -0.132.